The van der Waals surface area contributed by atoms with E-state index < -0.39 is 44.4 Å². The number of aliphatic hydroxyl groups is 1. The highest BCUT2D eigenvalue weighted by Crippen LogP contribution is 2.52. The number of fused-ring (bicyclic) bond motifs is 2. The van der Waals surface area contributed by atoms with E-state index in [9.17, 15) is 19.4 Å². The highest BCUT2D eigenvalue weighted by molar-refractivity contribution is 7.47. The number of aliphatic hydroxyl groups excluding tert-OH is 1. The number of hydrogen-bond acceptors (Lipinski definition) is 13. The van der Waals surface area contributed by atoms with E-state index in [0.717, 1.165) is 5.56 Å². The summed E-state index contributed by atoms with van der Waals surface area (Å²) in [6, 6.07) is 5.90. The molecule has 0 aliphatic carbocycles. The number of methoxy groups -OCH3 is 1. The zero-order valence-corrected chi connectivity index (χ0v) is 19.8. The minimum absolute atomic E-state index is 0.157. The highest BCUT2D eigenvalue weighted by Gasteiger charge is 2.52. The van der Waals surface area contributed by atoms with Crippen LogP contribution in [0.25, 0.3) is 11.2 Å². The number of rotatable bonds is 4. The van der Waals surface area contributed by atoms with Crippen molar-refractivity contribution in [3.8, 4) is 5.75 Å². The number of nitrogens with zero attached hydrogens (tertiary/aromatic N) is 4. The van der Waals surface area contributed by atoms with E-state index in [4.69, 9.17) is 25.8 Å². The molecule has 2 fully saturated rings. The molecule has 3 aromatic rings. The fourth-order valence-corrected chi connectivity index (χ4v) is 4.71. The molecule has 2 saturated heterocycles. The van der Waals surface area contributed by atoms with Crippen molar-refractivity contribution in [2.75, 3.05) is 19.5 Å². The Balaban J connectivity index is 0.000000189. The largest absolute Gasteiger partial charge is 0.508 e. The molecule has 15 nitrogen and oxygen atoms in total. The van der Waals surface area contributed by atoms with Crippen LogP contribution in [0.3, 0.4) is 0 Å². The van der Waals surface area contributed by atoms with Gasteiger partial charge in [0, 0.05) is 0 Å². The second kappa shape index (κ2) is 10.4. The Labute approximate surface area is 204 Å². The average Bonchev–Trinajstić information content (AvgIpc) is 3.41. The first-order valence-electron chi connectivity index (χ1n) is 10.6. The van der Waals surface area contributed by atoms with Gasteiger partial charge in [-0.05, 0) is 24.1 Å². The van der Waals surface area contributed by atoms with Gasteiger partial charge in [0.2, 0.25) is 0 Å². The number of esters is 1. The number of nitrogens with two attached hydrogens (primary N) is 2. The number of nitrogen functional groups attached to an aromatic ring is 1. The lowest BCUT2D eigenvalue weighted by Crippen LogP contribution is -2.39. The second-order valence-electron chi connectivity index (χ2n) is 7.97. The van der Waals surface area contributed by atoms with Gasteiger partial charge in [-0.1, -0.05) is 12.1 Å². The fourth-order valence-electron chi connectivity index (χ4n) is 3.74. The monoisotopic (exact) mass is 524 g/mol. The summed E-state index contributed by atoms with van der Waals surface area (Å²) in [4.78, 5) is 32.3. The molecule has 6 atom stereocenters. The molecule has 16 heteroatoms. The molecule has 2 unspecified atom stereocenters. The number of phosphoric acid groups is 1. The van der Waals surface area contributed by atoms with Crippen LogP contribution < -0.4 is 11.5 Å². The van der Waals surface area contributed by atoms with E-state index in [2.05, 4.69) is 24.2 Å². The highest BCUT2D eigenvalue weighted by atomic mass is 31.2. The summed E-state index contributed by atoms with van der Waals surface area (Å²) >= 11 is 0. The Morgan fingerprint density at radius 2 is 2.03 bits per heavy atom. The molecule has 0 spiro atoms. The van der Waals surface area contributed by atoms with E-state index in [0.29, 0.717) is 17.6 Å². The number of aromatic hydroxyl groups is 1. The van der Waals surface area contributed by atoms with Crippen molar-refractivity contribution in [1.82, 2.24) is 19.5 Å². The summed E-state index contributed by atoms with van der Waals surface area (Å²) in [5.41, 5.74) is 12.9. The maximum absolute atomic E-state index is 11.5. The van der Waals surface area contributed by atoms with Crippen LogP contribution in [0.2, 0.25) is 0 Å². The summed E-state index contributed by atoms with van der Waals surface area (Å²) in [6.07, 6.45) is -0.657. The molecule has 7 N–H and O–H groups in total. The van der Waals surface area contributed by atoms with Crippen LogP contribution in [0.1, 0.15) is 11.8 Å². The third-order valence-corrected chi connectivity index (χ3v) is 6.51. The van der Waals surface area contributed by atoms with Crippen LogP contribution in [-0.4, -0.2) is 78.7 Å². The van der Waals surface area contributed by atoms with Gasteiger partial charge in [-0.3, -0.25) is 18.4 Å². The predicted octanol–water partition coefficient (Wildman–Crippen LogP) is -0.382. The number of phenolic OH excluding ortho intramolecular Hbond substituents is 1. The summed E-state index contributed by atoms with van der Waals surface area (Å²) < 4.78 is 32.7. The standard InChI is InChI=1S/C10H12N5O6P.C10H13NO3/c11-8-5-9(13-2-12-8)15(3-14-5)10-6(16)7-4(20-10)1-19-22(17,18)21-7;1-14-10(13)9(11)6-7-2-4-8(12)5-3-7/h2-4,6-7,10,16H,1H2,(H,17,18)(H2,11,12,13);2-5,9,12H,6,11H2,1H3/t4-,6-,7-,10-;/m1./s1. The lowest BCUT2D eigenvalue weighted by molar-refractivity contribution is -0.142. The van der Waals surface area contributed by atoms with Gasteiger partial charge in [-0.15, -0.1) is 0 Å². The quantitative estimate of drug-likeness (QED) is 0.216. The third-order valence-electron chi connectivity index (χ3n) is 5.52. The van der Waals surface area contributed by atoms with Gasteiger partial charge in [0.25, 0.3) is 0 Å². The fraction of sp³-hybridized carbons (Fsp3) is 0.400. The zero-order chi connectivity index (χ0) is 26.0. The topological polar surface area (TPSA) is 227 Å². The first-order chi connectivity index (χ1) is 17.1. The van der Waals surface area contributed by atoms with Crippen LogP contribution in [0.5, 0.6) is 5.75 Å². The van der Waals surface area contributed by atoms with Gasteiger partial charge in [-0.25, -0.2) is 19.5 Å². The van der Waals surface area contributed by atoms with Crippen LogP contribution in [0.15, 0.2) is 36.9 Å². The normalized spacial score (nSPS) is 28.1. The van der Waals surface area contributed by atoms with E-state index in [1.807, 2.05) is 0 Å². The minimum Gasteiger partial charge on any atom is -0.508 e. The summed E-state index contributed by atoms with van der Waals surface area (Å²) in [5, 5.41) is 19.4. The Morgan fingerprint density at radius 1 is 1.31 bits per heavy atom. The molecule has 0 radical (unpaired) electrons. The maximum atomic E-state index is 11.5. The van der Waals surface area contributed by atoms with E-state index in [1.54, 1.807) is 24.3 Å². The van der Waals surface area contributed by atoms with Gasteiger partial charge < -0.3 is 36.0 Å². The number of carbonyl (C=O) groups excluding carboxylic acids is 1. The zero-order valence-electron chi connectivity index (χ0n) is 18.9. The number of hydrogen-bond donors (Lipinski definition) is 5. The molecular weight excluding hydrogens is 499 g/mol. The molecule has 0 amide bonds. The molecule has 4 heterocycles. The molecule has 194 valence electrons. The van der Waals surface area contributed by atoms with Crippen molar-refractivity contribution in [2.24, 2.45) is 5.73 Å². The number of ether oxygens (including phenoxy) is 2. The van der Waals surface area contributed by atoms with Gasteiger partial charge in [0.15, 0.2) is 17.7 Å². The lowest BCUT2D eigenvalue weighted by Gasteiger charge is -2.27. The summed E-state index contributed by atoms with van der Waals surface area (Å²) in [5.74, 6) is -0.0356. The van der Waals surface area contributed by atoms with Crippen molar-refractivity contribution in [2.45, 2.75) is 37.0 Å². The van der Waals surface area contributed by atoms with Gasteiger partial charge in [-0.2, -0.15) is 0 Å². The minimum atomic E-state index is -4.16. The first-order valence-corrected chi connectivity index (χ1v) is 12.1. The number of phenols is 1. The number of phosphoric ester groups is 1. The van der Waals surface area contributed by atoms with E-state index in [-0.39, 0.29) is 18.2 Å². The van der Waals surface area contributed by atoms with Crippen molar-refractivity contribution >= 4 is 30.8 Å². The van der Waals surface area contributed by atoms with Gasteiger partial charge in [0.05, 0.1) is 20.0 Å². The molecule has 36 heavy (non-hydrogen) atoms. The number of carbonyl (C=O) groups is 1. The Bertz CT molecular complexity index is 1270. The average molecular weight is 524 g/mol. The van der Waals surface area contributed by atoms with Crippen LogP contribution in [0.4, 0.5) is 5.82 Å². The smallest absolute Gasteiger partial charge is 0.472 e. The van der Waals surface area contributed by atoms with E-state index >= 15 is 0 Å². The maximum Gasteiger partial charge on any atom is 0.472 e. The van der Waals surface area contributed by atoms with Crippen LogP contribution in [0, 0.1) is 0 Å². The van der Waals surface area contributed by atoms with Gasteiger partial charge >= 0.3 is 13.8 Å². The molecule has 2 aromatic heterocycles. The van der Waals surface area contributed by atoms with Crippen molar-refractivity contribution in [3.63, 3.8) is 0 Å². The molecule has 5 rings (SSSR count). The molecule has 1 aromatic carbocycles. The second-order valence-corrected chi connectivity index (χ2v) is 9.38. The van der Waals surface area contributed by atoms with Crippen LogP contribution in [-0.2, 0) is 34.3 Å². The molecular formula is C20H25N6O9P. The first kappa shape index (κ1) is 25.9. The molecule has 0 saturated carbocycles. The van der Waals surface area contributed by atoms with Crippen molar-refractivity contribution in [1.29, 1.82) is 0 Å². The van der Waals surface area contributed by atoms with Crippen molar-refractivity contribution < 1.29 is 43.0 Å². The Morgan fingerprint density at radius 3 is 2.72 bits per heavy atom. The van der Waals surface area contributed by atoms with Gasteiger partial charge in [0.1, 0.15) is 41.9 Å². The van der Waals surface area contributed by atoms with Crippen molar-refractivity contribution in [3.05, 3.63) is 42.5 Å². The Kier molecular flexibility index (Phi) is 7.51. The molecule has 0 bridgehead atoms. The molecule has 2 aliphatic heterocycles. The number of imidazole rings is 1. The predicted molar refractivity (Wildman–Crippen MR) is 122 cm³/mol. The Hall–Kier alpha value is -3.17. The third kappa shape index (κ3) is 5.47. The summed E-state index contributed by atoms with van der Waals surface area (Å²) in [6.45, 7) is -0.157. The van der Waals surface area contributed by atoms with E-state index in [1.165, 1.54) is 24.3 Å². The molecule has 2 aliphatic rings. The number of aromatic nitrogens is 4. The lowest BCUT2D eigenvalue weighted by atomic mass is 10.1. The number of anilines is 1. The number of benzene rings is 1. The van der Waals surface area contributed by atoms with Crippen LogP contribution >= 0.6 is 7.82 Å². The SMILES string of the molecule is COC(=O)C(N)Cc1ccc(O)cc1.Nc1ncnc2c1ncn2[C@@H]1O[C@@H]2COP(=O)(O)O[C@H]2[C@H]1O. The summed E-state index contributed by atoms with van der Waals surface area (Å²) in [7, 11) is -2.86.